The van der Waals surface area contributed by atoms with Gasteiger partial charge in [0.05, 0.1) is 17.5 Å². The van der Waals surface area contributed by atoms with Crippen LogP contribution in [0.5, 0.6) is 0 Å². The van der Waals surface area contributed by atoms with Crippen molar-refractivity contribution in [3.63, 3.8) is 0 Å². The quantitative estimate of drug-likeness (QED) is 0.787. The minimum absolute atomic E-state index is 0.0923. The summed E-state index contributed by atoms with van der Waals surface area (Å²) in [6, 6.07) is 11.4. The van der Waals surface area contributed by atoms with E-state index in [9.17, 15) is 13.2 Å². The molecule has 0 aliphatic carbocycles. The van der Waals surface area contributed by atoms with Crippen LogP contribution in [0.3, 0.4) is 0 Å². The normalized spacial score (nSPS) is 17.0. The molecular weight excluding hydrogens is 384 g/mol. The third-order valence-corrected chi connectivity index (χ3v) is 7.59. The summed E-state index contributed by atoms with van der Waals surface area (Å²) in [6.45, 7) is 8.53. The van der Waals surface area contributed by atoms with Crippen molar-refractivity contribution >= 4 is 21.6 Å². The number of carbonyl (C=O) groups excluding carboxylic acids is 1. The molecule has 1 fully saturated rings. The maximum atomic E-state index is 13.0. The van der Waals surface area contributed by atoms with Crippen molar-refractivity contribution in [2.75, 3.05) is 16.6 Å². The molecular formula is C23H30N2O3S. The monoisotopic (exact) mass is 414 g/mol. The van der Waals surface area contributed by atoms with Crippen molar-refractivity contribution in [1.82, 2.24) is 5.32 Å². The fourth-order valence-corrected chi connectivity index (χ4v) is 5.42. The number of nitrogens with one attached hydrogen (secondary N) is 1. The van der Waals surface area contributed by atoms with Gasteiger partial charge in [-0.1, -0.05) is 31.2 Å². The fraction of sp³-hybridized carbons (Fsp3) is 0.435. The molecule has 2 aromatic carbocycles. The number of amides is 1. The maximum absolute atomic E-state index is 13.0. The number of hydrogen-bond donors (Lipinski definition) is 1. The molecule has 1 aliphatic heterocycles. The Morgan fingerprint density at radius 1 is 1.03 bits per heavy atom. The Morgan fingerprint density at radius 2 is 1.76 bits per heavy atom. The van der Waals surface area contributed by atoms with E-state index in [1.807, 2.05) is 19.9 Å². The summed E-state index contributed by atoms with van der Waals surface area (Å²) < 4.78 is 26.5. The Balaban J connectivity index is 1.86. The summed E-state index contributed by atoms with van der Waals surface area (Å²) in [5, 5.41) is 3.11. The third kappa shape index (κ3) is 4.64. The van der Waals surface area contributed by atoms with Crippen LogP contribution < -0.4 is 9.62 Å². The summed E-state index contributed by atoms with van der Waals surface area (Å²) in [7, 11) is -3.32. The number of rotatable bonds is 5. The average molecular weight is 415 g/mol. The standard InChI is InChI=1S/C23H30N2O3S/c1-5-21(19-10-8-16(2)18(4)14-19)24-23(26)20-11-9-17(3)22(15-20)25-12-6-7-13-29(25,27)28/h8-11,14-15,21H,5-7,12-13H2,1-4H3,(H,24,26)/t21-/m0/s1. The second-order valence-electron chi connectivity index (χ2n) is 7.87. The van der Waals surface area contributed by atoms with E-state index in [0.29, 0.717) is 24.2 Å². The summed E-state index contributed by atoms with van der Waals surface area (Å²) in [4.78, 5) is 13.0. The van der Waals surface area contributed by atoms with Crippen molar-refractivity contribution in [3.05, 3.63) is 64.2 Å². The van der Waals surface area contributed by atoms with Gasteiger partial charge in [0.25, 0.3) is 5.91 Å². The molecule has 0 radical (unpaired) electrons. The predicted molar refractivity (Wildman–Crippen MR) is 118 cm³/mol. The Morgan fingerprint density at radius 3 is 2.41 bits per heavy atom. The van der Waals surface area contributed by atoms with Crippen LogP contribution in [0.4, 0.5) is 5.69 Å². The van der Waals surface area contributed by atoms with Gasteiger partial charge in [-0.05, 0) is 74.4 Å². The Labute approximate surface area is 174 Å². The van der Waals surface area contributed by atoms with Crippen molar-refractivity contribution in [2.24, 2.45) is 0 Å². The van der Waals surface area contributed by atoms with Crippen LogP contribution in [-0.2, 0) is 10.0 Å². The lowest BCUT2D eigenvalue weighted by Gasteiger charge is -2.30. The van der Waals surface area contributed by atoms with Gasteiger partial charge in [-0.3, -0.25) is 9.10 Å². The highest BCUT2D eigenvalue weighted by Crippen LogP contribution is 2.28. The Bertz CT molecular complexity index is 1010. The molecule has 1 saturated heterocycles. The summed E-state index contributed by atoms with van der Waals surface area (Å²) in [6.07, 6.45) is 2.29. The van der Waals surface area contributed by atoms with Crippen molar-refractivity contribution < 1.29 is 13.2 Å². The number of sulfonamides is 1. The van der Waals surface area contributed by atoms with Gasteiger partial charge in [0.2, 0.25) is 10.0 Å². The second-order valence-corrected chi connectivity index (χ2v) is 9.89. The first-order valence-corrected chi connectivity index (χ1v) is 11.8. The topological polar surface area (TPSA) is 66.5 Å². The van der Waals surface area contributed by atoms with Crippen molar-refractivity contribution in [1.29, 1.82) is 0 Å². The first kappa shape index (κ1) is 21.4. The van der Waals surface area contributed by atoms with Gasteiger partial charge in [0, 0.05) is 12.1 Å². The lowest BCUT2D eigenvalue weighted by Crippen LogP contribution is -2.38. The molecule has 0 bridgehead atoms. The van der Waals surface area contributed by atoms with Crippen LogP contribution in [0.1, 0.15) is 64.8 Å². The Kier molecular flexibility index (Phi) is 6.32. The molecule has 0 spiro atoms. The van der Waals surface area contributed by atoms with Crippen molar-refractivity contribution in [2.45, 2.75) is 53.0 Å². The van der Waals surface area contributed by atoms with Gasteiger partial charge in [-0.15, -0.1) is 0 Å². The average Bonchev–Trinajstić information content (AvgIpc) is 2.68. The number of anilines is 1. The van der Waals surface area contributed by atoms with E-state index in [-0.39, 0.29) is 17.7 Å². The zero-order valence-corrected chi connectivity index (χ0v) is 18.5. The van der Waals surface area contributed by atoms with Crippen LogP contribution in [0.25, 0.3) is 0 Å². The highest BCUT2D eigenvalue weighted by Gasteiger charge is 2.28. The van der Waals surface area contributed by atoms with Gasteiger partial charge in [-0.25, -0.2) is 8.42 Å². The molecule has 1 N–H and O–H groups in total. The van der Waals surface area contributed by atoms with Crippen LogP contribution in [-0.4, -0.2) is 26.6 Å². The molecule has 0 unspecified atom stereocenters. The van der Waals surface area contributed by atoms with Crippen LogP contribution in [0, 0.1) is 20.8 Å². The summed E-state index contributed by atoms with van der Waals surface area (Å²) >= 11 is 0. The van der Waals surface area contributed by atoms with E-state index in [1.54, 1.807) is 12.1 Å². The lowest BCUT2D eigenvalue weighted by molar-refractivity contribution is 0.0935. The first-order chi connectivity index (χ1) is 13.7. The molecule has 5 nitrogen and oxygen atoms in total. The van der Waals surface area contributed by atoms with Gasteiger partial charge in [0.1, 0.15) is 0 Å². The molecule has 1 aliphatic rings. The zero-order chi connectivity index (χ0) is 21.2. The molecule has 1 atom stereocenters. The van der Waals surface area contributed by atoms with E-state index < -0.39 is 10.0 Å². The van der Waals surface area contributed by atoms with E-state index in [2.05, 4.69) is 37.4 Å². The highest BCUT2D eigenvalue weighted by atomic mass is 32.2. The van der Waals surface area contributed by atoms with Gasteiger partial charge >= 0.3 is 0 Å². The number of nitrogens with zero attached hydrogens (tertiary/aromatic N) is 1. The summed E-state index contributed by atoms with van der Waals surface area (Å²) in [5.41, 5.74) is 5.44. The minimum Gasteiger partial charge on any atom is -0.345 e. The zero-order valence-electron chi connectivity index (χ0n) is 17.7. The molecule has 156 valence electrons. The number of benzene rings is 2. The van der Waals surface area contributed by atoms with E-state index >= 15 is 0 Å². The molecule has 0 aromatic heterocycles. The number of carbonyl (C=O) groups is 1. The SMILES string of the molecule is CC[C@H](NC(=O)c1ccc(C)c(N2CCCCS2(=O)=O)c1)c1ccc(C)c(C)c1. The van der Waals surface area contributed by atoms with Crippen molar-refractivity contribution in [3.8, 4) is 0 Å². The van der Waals surface area contributed by atoms with E-state index in [1.165, 1.54) is 15.4 Å². The molecule has 1 heterocycles. The molecule has 3 rings (SSSR count). The predicted octanol–water partition coefficient (Wildman–Crippen LogP) is 4.42. The van der Waals surface area contributed by atoms with Crippen LogP contribution in [0.15, 0.2) is 36.4 Å². The lowest BCUT2D eigenvalue weighted by atomic mass is 9.99. The van der Waals surface area contributed by atoms with Gasteiger partial charge in [-0.2, -0.15) is 0 Å². The third-order valence-electron chi connectivity index (χ3n) is 5.74. The first-order valence-electron chi connectivity index (χ1n) is 10.2. The van der Waals surface area contributed by atoms with Gasteiger partial charge < -0.3 is 5.32 Å². The second kappa shape index (κ2) is 8.57. The maximum Gasteiger partial charge on any atom is 0.251 e. The molecule has 1 amide bonds. The summed E-state index contributed by atoms with van der Waals surface area (Å²) in [5.74, 6) is -0.0289. The molecule has 6 heteroatoms. The minimum atomic E-state index is -3.32. The van der Waals surface area contributed by atoms with Gasteiger partial charge in [0.15, 0.2) is 0 Å². The molecule has 2 aromatic rings. The Hall–Kier alpha value is -2.34. The van der Waals surface area contributed by atoms with Crippen LogP contribution in [0.2, 0.25) is 0 Å². The highest BCUT2D eigenvalue weighted by molar-refractivity contribution is 7.92. The number of hydrogen-bond acceptors (Lipinski definition) is 3. The smallest absolute Gasteiger partial charge is 0.251 e. The van der Waals surface area contributed by atoms with E-state index in [4.69, 9.17) is 0 Å². The molecule has 0 saturated carbocycles. The number of aryl methyl sites for hydroxylation is 3. The van der Waals surface area contributed by atoms with E-state index in [0.717, 1.165) is 24.0 Å². The largest absolute Gasteiger partial charge is 0.345 e. The van der Waals surface area contributed by atoms with Crippen LogP contribution >= 0.6 is 0 Å². The fourth-order valence-electron chi connectivity index (χ4n) is 3.72. The molecule has 29 heavy (non-hydrogen) atoms.